The number of hydrogen-bond donors (Lipinski definition) is 3. The summed E-state index contributed by atoms with van der Waals surface area (Å²) in [5.74, 6) is -1.09. The predicted molar refractivity (Wildman–Crippen MR) is 70.5 cm³/mol. The zero-order chi connectivity index (χ0) is 14.4. The summed E-state index contributed by atoms with van der Waals surface area (Å²) in [6.07, 6.45) is 1.24. The lowest BCUT2D eigenvalue weighted by molar-refractivity contribution is -0.142. The SMILES string of the molecule is CC(C)C[C@H](CN)CC(=O)NC1COCC1C(=O)O. The Morgan fingerprint density at radius 3 is 2.63 bits per heavy atom. The second kappa shape index (κ2) is 7.45. The molecule has 1 rings (SSSR count). The van der Waals surface area contributed by atoms with Gasteiger partial charge in [-0.1, -0.05) is 13.8 Å². The summed E-state index contributed by atoms with van der Waals surface area (Å²) in [7, 11) is 0. The molecule has 1 fully saturated rings. The topological polar surface area (TPSA) is 102 Å². The van der Waals surface area contributed by atoms with Crippen molar-refractivity contribution >= 4 is 11.9 Å². The van der Waals surface area contributed by atoms with Crippen molar-refractivity contribution in [2.45, 2.75) is 32.7 Å². The Balaban J connectivity index is 2.43. The van der Waals surface area contributed by atoms with Crippen LogP contribution < -0.4 is 11.1 Å². The molecular weight excluding hydrogens is 248 g/mol. The number of carbonyl (C=O) groups is 2. The Morgan fingerprint density at radius 2 is 2.11 bits per heavy atom. The molecule has 0 aliphatic carbocycles. The third-order valence-corrected chi connectivity index (χ3v) is 3.36. The minimum Gasteiger partial charge on any atom is -0.481 e. The van der Waals surface area contributed by atoms with Gasteiger partial charge in [-0.15, -0.1) is 0 Å². The van der Waals surface area contributed by atoms with Gasteiger partial charge in [0.15, 0.2) is 0 Å². The van der Waals surface area contributed by atoms with Gasteiger partial charge in [0, 0.05) is 6.42 Å². The van der Waals surface area contributed by atoms with E-state index < -0.39 is 17.9 Å². The number of rotatable bonds is 7. The van der Waals surface area contributed by atoms with Crippen LogP contribution in [0.4, 0.5) is 0 Å². The van der Waals surface area contributed by atoms with Gasteiger partial charge >= 0.3 is 5.97 Å². The summed E-state index contributed by atoms with van der Waals surface area (Å²) in [4.78, 5) is 22.9. The smallest absolute Gasteiger partial charge is 0.311 e. The molecule has 1 heterocycles. The lowest BCUT2D eigenvalue weighted by atomic mass is 9.93. The quantitative estimate of drug-likeness (QED) is 0.615. The van der Waals surface area contributed by atoms with Crippen LogP contribution in [-0.4, -0.2) is 42.8 Å². The molecule has 1 aliphatic rings. The molecule has 1 saturated heterocycles. The molecule has 0 aromatic carbocycles. The third kappa shape index (κ3) is 5.16. The van der Waals surface area contributed by atoms with Crippen LogP contribution in [0.15, 0.2) is 0 Å². The highest BCUT2D eigenvalue weighted by Crippen LogP contribution is 2.17. The minimum absolute atomic E-state index is 0.141. The third-order valence-electron chi connectivity index (χ3n) is 3.36. The molecule has 4 N–H and O–H groups in total. The maximum atomic E-state index is 11.9. The maximum absolute atomic E-state index is 11.9. The molecule has 110 valence electrons. The fourth-order valence-corrected chi connectivity index (χ4v) is 2.40. The number of ether oxygens (including phenoxy) is 1. The lowest BCUT2D eigenvalue weighted by Gasteiger charge is -2.19. The Morgan fingerprint density at radius 1 is 1.42 bits per heavy atom. The standard InChI is InChI=1S/C13H24N2O4/c1-8(2)3-9(5-14)4-12(16)15-11-7-19-6-10(11)13(17)18/h8-11H,3-7,14H2,1-2H3,(H,15,16)(H,17,18)/t9-,10?,11?/m0/s1. The van der Waals surface area contributed by atoms with E-state index in [-0.39, 0.29) is 25.0 Å². The minimum atomic E-state index is -0.930. The Labute approximate surface area is 113 Å². The highest BCUT2D eigenvalue weighted by atomic mass is 16.5. The Hall–Kier alpha value is -1.14. The highest BCUT2D eigenvalue weighted by Gasteiger charge is 2.35. The van der Waals surface area contributed by atoms with Crippen molar-refractivity contribution in [2.24, 2.45) is 23.5 Å². The van der Waals surface area contributed by atoms with Crippen LogP contribution in [0.25, 0.3) is 0 Å². The van der Waals surface area contributed by atoms with Crippen LogP contribution in [0.2, 0.25) is 0 Å². The van der Waals surface area contributed by atoms with Crippen molar-refractivity contribution in [3.05, 3.63) is 0 Å². The molecule has 0 spiro atoms. The zero-order valence-electron chi connectivity index (χ0n) is 11.6. The molecule has 1 amide bonds. The first kappa shape index (κ1) is 15.9. The van der Waals surface area contributed by atoms with E-state index in [4.69, 9.17) is 15.6 Å². The van der Waals surface area contributed by atoms with Crippen molar-refractivity contribution in [1.29, 1.82) is 0 Å². The van der Waals surface area contributed by atoms with E-state index >= 15 is 0 Å². The molecule has 19 heavy (non-hydrogen) atoms. The van der Waals surface area contributed by atoms with Gasteiger partial charge in [-0.3, -0.25) is 9.59 Å². The van der Waals surface area contributed by atoms with Crippen molar-refractivity contribution in [3.63, 3.8) is 0 Å². The van der Waals surface area contributed by atoms with E-state index in [1.807, 2.05) is 0 Å². The number of carboxylic acids is 1. The number of carboxylic acid groups (broad SMARTS) is 1. The summed E-state index contributed by atoms with van der Waals surface area (Å²) in [5.41, 5.74) is 5.65. The summed E-state index contributed by atoms with van der Waals surface area (Å²) in [6, 6.07) is -0.428. The van der Waals surface area contributed by atoms with Crippen molar-refractivity contribution in [2.75, 3.05) is 19.8 Å². The Bertz CT molecular complexity index is 320. The van der Waals surface area contributed by atoms with Gasteiger partial charge in [0.2, 0.25) is 5.91 Å². The van der Waals surface area contributed by atoms with E-state index in [0.29, 0.717) is 18.9 Å². The lowest BCUT2D eigenvalue weighted by Crippen LogP contribution is -2.43. The second-order valence-electron chi connectivity index (χ2n) is 5.59. The van der Waals surface area contributed by atoms with Crippen LogP contribution in [0, 0.1) is 17.8 Å². The molecule has 0 aromatic rings. The average molecular weight is 272 g/mol. The first-order valence-electron chi connectivity index (χ1n) is 6.74. The summed E-state index contributed by atoms with van der Waals surface area (Å²) in [6.45, 7) is 5.07. The molecule has 0 bridgehead atoms. The molecule has 3 atom stereocenters. The van der Waals surface area contributed by atoms with E-state index in [2.05, 4.69) is 19.2 Å². The van der Waals surface area contributed by atoms with Gasteiger partial charge in [-0.25, -0.2) is 0 Å². The second-order valence-corrected chi connectivity index (χ2v) is 5.59. The zero-order valence-corrected chi connectivity index (χ0v) is 11.6. The summed E-state index contributed by atoms with van der Waals surface area (Å²) in [5, 5.41) is 11.7. The van der Waals surface area contributed by atoms with Gasteiger partial charge in [-0.2, -0.15) is 0 Å². The monoisotopic (exact) mass is 272 g/mol. The van der Waals surface area contributed by atoms with Crippen molar-refractivity contribution in [1.82, 2.24) is 5.32 Å². The van der Waals surface area contributed by atoms with Crippen LogP contribution in [0.3, 0.4) is 0 Å². The van der Waals surface area contributed by atoms with E-state index in [9.17, 15) is 9.59 Å². The summed E-state index contributed by atoms with van der Waals surface area (Å²) >= 11 is 0. The van der Waals surface area contributed by atoms with E-state index in [1.165, 1.54) is 0 Å². The molecule has 0 saturated carbocycles. The van der Waals surface area contributed by atoms with Gasteiger partial charge < -0.3 is 20.9 Å². The largest absolute Gasteiger partial charge is 0.481 e. The number of carbonyl (C=O) groups excluding carboxylic acids is 1. The molecule has 1 aliphatic heterocycles. The molecule has 2 unspecified atom stereocenters. The van der Waals surface area contributed by atoms with Crippen LogP contribution in [0.5, 0.6) is 0 Å². The first-order chi connectivity index (χ1) is 8.93. The highest BCUT2D eigenvalue weighted by molar-refractivity contribution is 5.78. The van der Waals surface area contributed by atoms with Crippen molar-refractivity contribution < 1.29 is 19.4 Å². The van der Waals surface area contributed by atoms with Crippen LogP contribution in [-0.2, 0) is 14.3 Å². The number of aliphatic carboxylic acids is 1. The number of amides is 1. The summed E-state index contributed by atoms with van der Waals surface area (Å²) < 4.78 is 5.11. The number of nitrogens with one attached hydrogen (secondary N) is 1. The van der Waals surface area contributed by atoms with Gasteiger partial charge in [0.1, 0.15) is 5.92 Å². The normalized spacial score (nSPS) is 24.4. The molecule has 6 nitrogen and oxygen atoms in total. The van der Waals surface area contributed by atoms with Crippen LogP contribution >= 0.6 is 0 Å². The van der Waals surface area contributed by atoms with E-state index in [1.54, 1.807) is 0 Å². The fourth-order valence-electron chi connectivity index (χ4n) is 2.40. The molecule has 6 heteroatoms. The number of nitrogens with two attached hydrogens (primary N) is 1. The first-order valence-corrected chi connectivity index (χ1v) is 6.74. The van der Waals surface area contributed by atoms with Crippen LogP contribution in [0.1, 0.15) is 26.7 Å². The van der Waals surface area contributed by atoms with Crippen molar-refractivity contribution in [3.8, 4) is 0 Å². The maximum Gasteiger partial charge on any atom is 0.311 e. The predicted octanol–water partition coefficient (Wildman–Crippen LogP) is 0.213. The number of hydrogen-bond acceptors (Lipinski definition) is 4. The van der Waals surface area contributed by atoms with Gasteiger partial charge in [-0.05, 0) is 24.8 Å². The molecule has 0 aromatic heterocycles. The molecule has 0 radical (unpaired) electrons. The molecular formula is C13H24N2O4. The van der Waals surface area contributed by atoms with Gasteiger partial charge in [0.05, 0.1) is 19.3 Å². The average Bonchev–Trinajstić information content (AvgIpc) is 2.75. The van der Waals surface area contributed by atoms with Gasteiger partial charge in [0.25, 0.3) is 0 Å². The Kier molecular flexibility index (Phi) is 6.24. The fraction of sp³-hybridized carbons (Fsp3) is 0.846. The van der Waals surface area contributed by atoms with E-state index in [0.717, 1.165) is 6.42 Å².